The minimum Gasteiger partial charge on any atom is -0.442 e. The first-order valence-corrected chi connectivity index (χ1v) is 10.3. The van der Waals surface area contributed by atoms with E-state index in [1.165, 1.54) is 6.20 Å². The number of carbonyl (C=O) groups is 2. The zero-order valence-corrected chi connectivity index (χ0v) is 18.7. The van der Waals surface area contributed by atoms with Crippen molar-refractivity contribution >= 4 is 23.4 Å². The summed E-state index contributed by atoms with van der Waals surface area (Å²) in [6.07, 6.45) is 9.35. The Hall–Kier alpha value is -3.29. The monoisotopic (exact) mass is 421 g/mol. The molecular weight excluding hydrogens is 394 g/mol. The molecule has 1 unspecified atom stereocenters. The molecule has 2 aliphatic rings. The number of anilines is 1. The number of aryl methyl sites for hydroxylation is 1. The van der Waals surface area contributed by atoms with Crippen LogP contribution >= 0.6 is 0 Å². The van der Waals surface area contributed by atoms with E-state index < -0.39 is 17.1 Å². The summed E-state index contributed by atoms with van der Waals surface area (Å²) in [6, 6.07) is 1.66. The highest BCUT2D eigenvalue weighted by atomic mass is 16.6. The summed E-state index contributed by atoms with van der Waals surface area (Å²) in [5, 5.41) is 4.35. The lowest BCUT2D eigenvalue weighted by molar-refractivity contribution is -0.125. The molecule has 1 fully saturated rings. The van der Waals surface area contributed by atoms with Crippen molar-refractivity contribution in [3.05, 3.63) is 53.9 Å². The Balaban J connectivity index is 1.70. The van der Waals surface area contributed by atoms with E-state index in [0.717, 1.165) is 27.9 Å². The number of aromatic nitrogens is 4. The van der Waals surface area contributed by atoms with Crippen LogP contribution < -0.4 is 4.90 Å². The van der Waals surface area contributed by atoms with Gasteiger partial charge in [0.1, 0.15) is 11.4 Å². The van der Waals surface area contributed by atoms with Gasteiger partial charge in [0, 0.05) is 41.8 Å². The van der Waals surface area contributed by atoms with E-state index in [-0.39, 0.29) is 11.8 Å². The third-order valence-corrected chi connectivity index (χ3v) is 5.62. The Morgan fingerprint density at radius 2 is 1.90 bits per heavy atom. The van der Waals surface area contributed by atoms with E-state index in [2.05, 4.69) is 21.1 Å². The van der Waals surface area contributed by atoms with Crippen molar-refractivity contribution in [1.82, 2.24) is 19.7 Å². The summed E-state index contributed by atoms with van der Waals surface area (Å²) in [5.74, 6) is 1.08. The maximum absolute atomic E-state index is 13.4. The topological polar surface area (TPSA) is 90.2 Å². The SMILES string of the molecule is Cc1ncc(C2=CCC3C(=C2)N(c2ccn(C(=O)OC(C)(C)C)n2)C(=O)C3(C)C)cn1. The van der Waals surface area contributed by atoms with Crippen molar-refractivity contribution in [3.63, 3.8) is 0 Å². The minimum atomic E-state index is -0.637. The molecule has 1 atom stereocenters. The number of hydrogen-bond acceptors (Lipinski definition) is 6. The zero-order chi connectivity index (χ0) is 22.6. The van der Waals surface area contributed by atoms with Gasteiger partial charge in [0.05, 0.1) is 5.41 Å². The summed E-state index contributed by atoms with van der Waals surface area (Å²) in [7, 11) is 0. The fourth-order valence-corrected chi connectivity index (χ4v) is 3.95. The van der Waals surface area contributed by atoms with Gasteiger partial charge in [-0.25, -0.2) is 14.8 Å². The molecule has 31 heavy (non-hydrogen) atoms. The van der Waals surface area contributed by atoms with Gasteiger partial charge < -0.3 is 4.74 Å². The molecule has 0 bridgehead atoms. The van der Waals surface area contributed by atoms with E-state index >= 15 is 0 Å². The smallest absolute Gasteiger partial charge is 0.435 e. The third-order valence-electron chi connectivity index (χ3n) is 5.62. The quantitative estimate of drug-likeness (QED) is 0.724. The third kappa shape index (κ3) is 3.78. The number of hydrogen-bond donors (Lipinski definition) is 0. The van der Waals surface area contributed by atoms with Crippen LogP contribution in [-0.2, 0) is 9.53 Å². The molecule has 162 valence electrons. The number of fused-ring (bicyclic) bond motifs is 1. The van der Waals surface area contributed by atoms with Crippen molar-refractivity contribution in [1.29, 1.82) is 0 Å². The number of allylic oxidation sites excluding steroid dienone is 4. The van der Waals surface area contributed by atoms with Crippen molar-refractivity contribution < 1.29 is 14.3 Å². The second-order valence-electron chi connectivity index (χ2n) is 9.50. The molecule has 3 heterocycles. The average Bonchev–Trinajstić information content (AvgIpc) is 3.23. The normalized spacial score (nSPS) is 20.3. The van der Waals surface area contributed by atoms with Crippen LogP contribution in [0.15, 0.2) is 42.5 Å². The zero-order valence-electron chi connectivity index (χ0n) is 18.7. The standard InChI is InChI=1S/C23H27N5O3/c1-14-24-12-16(13-25-14)15-7-8-17-18(11-15)28(20(29)23(17,5)6)19-9-10-27(26-19)21(30)31-22(2,3)4/h7,9-13,17H,8H2,1-6H3. The summed E-state index contributed by atoms with van der Waals surface area (Å²) in [4.78, 5) is 35.9. The molecule has 0 saturated carbocycles. The maximum atomic E-state index is 13.4. The minimum absolute atomic E-state index is 0.0155. The number of nitrogens with zero attached hydrogens (tertiary/aromatic N) is 5. The molecule has 0 N–H and O–H groups in total. The largest absolute Gasteiger partial charge is 0.442 e. The molecule has 8 nitrogen and oxygen atoms in total. The molecule has 8 heteroatoms. The van der Waals surface area contributed by atoms with Crippen molar-refractivity contribution in [3.8, 4) is 0 Å². The van der Waals surface area contributed by atoms with Crippen LogP contribution in [0.5, 0.6) is 0 Å². The second-order valence-corrected chi connectivity index (χ2v) is 9.50. The lowest BCUT2D eigenvalue weighted by atomic mass is 9.75. The Labute approximate surface area is 181 Å². The molecule has 1 amide bonds. The van der Waals surface area contributed by atoms with E-state index in [1.54, 1.807) is 44.1 Å². The molecule has 1 aliphatic carbocycles. The van der Waals surface area contributed by atoms with Crippen LogP contribution in [0.4, 0.5) is 10.6 Å². The average molecular weight is 422 g/mol. The van der Waals surface area contributed by atoms with E-state index in [9.17, 15) is 9.59 Å². The summed E-state index contributed by atoms with van der Waals surface area (Å²) < 4.78 is 6.51. The van der Waals surface area contributed by atoms with Gasteiger partial charge >= 0.3 is 6.09 Å². The number of amides is 1. The van der Waals surface area contributed by atoms with Crippen molar-refractivity contribution in [2.24, 2.45) is 11.3 Å². The molecule has 0 spiro atoms. The van der Waals surface area contributed by atoms with Crippen LogP contribution in [-0.4, -0.2) is 37.3 Å². The predicted molar refractivity (Wildman–Crippen MR) is 116 cm³/mol. The van der Waals surface area contributed by atoms with E-state index in [4.69, 9.17) is 4.74 Å². The Bertz CT molecular complexity index is 1100. The Morgan fingerprint density at radius 3 is 2.55 bits per heavy atom. The lowest BCUT2D eigenvalue weighted by Crippen LogP contribution is -2.32. The first-order chi connectivity index (χ1) is 14.5. The highest BCUT2D eigenvalue weighted by Gasteiger charge is 2.52. The van der Waals surface area contributed by atoms with Crippen LogP contribution in [0.1, 0.15) is 52.4 Å². The van der Waals surface area contributed by atoms with E-state index in [0.29, 0.717) is 11.6 Å². The summed E-state index contributed by atoms with van der Waals surface area (Å²) in [5.41, 5.74) is 1.50. The second kappa shape index (κ2) is 7.14. The highest BCUT2D eigenvalue weighted by molar-refractivity contribution is 6.04. The first kappa shape index (κ1) is 21.0. The van der Waals surface area contributed by atoms with Gasteiger partial charge in [-0.1, -0.05) is 19.9 Å². The molecular formula is C23H27N5O3. The van der Waals surface area contributed by atoms with Crippen LogP contribution in [0, 0.1) is 18.3 Å². The maximum Gasteiger partial charge on any atom is 0.435 e. The molecule has 1 saturated heterocycles. The van der Waals surface area contributed by atoms with Crippen LogP contribution in [0.3, 0.4) is 0 Å². The Morgan fingerprint density at radius 1 is 1.23 bits per heavy atom. The molecule has 2 aromatic rings. The fraction of sp³-hybridized carbons (Fsp3) is 0.435. The number of carbonyl (C=O) groups excluding carboxylic acids is 2. The summed E-state index contributed by atoms with van der Waals surface area (Å²) >= 11 is 0. The molecule has 4 rings (SSSR count). The van der Waals surface area contributed by atoms with Gasteiger partial charge in [-0.05, 0) is 45.8 Å². The van der Waals surface area contributed by atoms with Gasteiger partial charge in [0.15, 0.2) is 5.82 Å². The number of rotatable bonds is 2. The predicted octanol–water partition coefficient (Wildman–Crippen LogP) is 4.12. The van der Waals surface area contributed by atoms with Crippen LogP contribution in [0.2, 0.25) is 0 Å². The molecule has 0 aromatic carbocycles. The van der Waals surface area contributed by atoms with Gasteiger partial charge in [0.2, 0.25) is 5.91 Å². The number of ether oxygens (including phenoxy) is 1. The fourth-order valence-electron chi connectivity index (χ4n) is 3.95. The highest BCUT2D eigenvalue weighted by Crippen LogP contribution is 2.50. The van der Waals surface area contributed by atoms with Gasteiger partial charge in [0.25, 0.3) is 0 Å². The molecule has 0 radical (unpaired) electrons. The Kier molecular flexibility index (Phi) is 4.83. The first-order valence-electron chi connectivity index (χ1n) is 10.3. The van der Waals surface area contributed by atoms with Crippen molar-refractivity contribution in [2.75, 3.05) is 4.90 Å². The van der Waals surface area contributed by atoms with Gasteiger partial charge in [-0.2, -0.15) is 4.68 Å². The van der Waals surface area contributed by atoms with Gasteiger partial charge in [-0.15, -0.1) is 5.10 Å². The van der Waals surface area contributed by atoms with Gasteiger partial charge in [-0.3, -0.25) is 9.69 Å². The lowest BCUT2D eigenvalue weighted by Gasteiger charge is -2.25. The van der Waals surface area contributed by atoms with Crippen LogP contribution in [0.25, 0.3) is 5.57 Å². The molecule has 2 aromatic heterocycles. The summed E-state index contributed by atoms with van der Waals surface area (Å²) in [6.45, 7) is 11.1. The van der Waals surface area contributed by atoms with E-state index in [1.807, 2.05) is 26.8 Å². The molecule has 1 aliphatic heterocycles. The van der Waals surface area contributed by atoms with Crippen molar-refractivity contribution in [2.45, 2.75) is 53.6 Å².